The van der Waals surface area contributed by atoms with E-state index in [1.165, 1.54) is 33.6 Å². The number of thiophene rings is 1. The lowest BCUT2D eigenvalue weighted by Crippen LogP contribution is -2.31. The van der Waals surface area contributed by atoms with E-state index in [-0.39, 0.29) is 11.5 Å². The molecule has 0 aliphatic rings. The summed E-state index contributed by atoms with van der Waals surface area (Å²) in [5, 5.41) is 12.4. The number of anilines is 1. The van der Waals surface area contributed by atoms with E-state index >= 15 is 0 Å². The molecule has 3 heterocycles. The number of aromatic nitrogens is 4. The van der Waals surface area contributed by atoms with Crippen LogP contribution in [0.25, 0.3) is 10.2 Å². The van der Waals surface area contributed by atoms with Crippen molar-refractivity contribution in [1.82, 2.24) is 19.7 Å². The summed E-state index contributed by atoms with van der Waals surface area (Å²) in [5.41, 5.74) is -0.204. The van der Waals surface area contributed by atoms with Crippen LogP contribution in [0.5, 0.6) is 0 Å². The molecule has 0 spiro atoms. The Morgan fingerprint density at radius 3 is 2.75 bits per heavy atom. The molecule has 1 amide bonds. The second kappa shape index (κ2) is 6.78. The van der Waals surface area contributed by atoms with Crippen LogP contribution in [-0.4, -0.2) is 25.7 Å². The van der Waals surface area contributed by atoms with Gasteiger partial charge in [0.05, 0.1) is 11.7 Å². The summed E-state index contributed by atoms with van der Waals surface area (Å²) >= 11 is 2.84. The van der Waals surface area contributed by atoms with E-state index < -0.39 is 6.04 Å². The molecule has 1 unspecified atom stereocenters. The Labute approximate surface area is 146 Å². The van der Waals surface area contributed by atoms with E-state index in [0.29, 0.717) is 15.3 Å². The van der Waals surface area contributed by atoms with Crippen LogP contribution in [0.15, 0.2) is 17.2 Å². The average molecular weight is 363 g/mol. The minimum absolute atomic E-state index is 0.204. The van der Waals surface area contributed by atoms with Crippen molar-refractivity contribution in [3.63, 3.8) is 0 Å². The van der Waals surface area contributed by atoms with Crippen molar-refractivity contribution >= 4 is 43.9 Å². The van der Waals surface area contributed by atoms with Crippen molar-refractivity contribution in [3.8, 4) is 0 Å². The predicted molar refractivity (Wildman–Crippen MR) is 95.9 cm³/mol. The molecule has 24 heavy (non-hydrogen) atoms. The largest absolute Gasteiger partial charge is 0.299 e. The Morgan fingerprint density at radius 1 is 1.29 bits per heavy atom. The molecule has 0 saturated carbocycles. The van der Waals surface area contributed by atoms with Gasteiger partial charge in [-0.05, 0) is 25.8 Å². The number of carbonyl (C=O) groups is 1. The molecule has 1 N–H and O–H groups in total. The first-order valence-electron chi connectivity index (χ1n) is 7.66. The first kappa shape index (κ1) is 16.7. The van der Waals surface area contributed by atoms with Gasteiger partial charge in [-0.1, -0.05) is 25.2 Å². The number of carbonyl (C=O) groups excluding carboxylic acids is 1. The fourth-order valence-electron chi connectivity index (χ4n) is 2.22. The molecular formula is C15H17N5O2S2. The Balaban J connectivity index is 1.87. The topological polar surface area (TPSA) is 89.8 Å². The fraction of sp³-hybridized carbons (Fsp3) is 0.400. The molecule has 7 nitrogen and oxygen atoms in total. The third kappa shape index (κ3) is 3.09. The van der Waals surface area contributed by atoms with E-state index in [2.05, 4.69) is 20.5 Å². The van der Waals surface area contributed by atoms with Crippen LogP contribution < -0.4 is 10.9 Å². The van der Waals surface area contributed by atoms with Crippen LogP contribution in [0.4, 0.5) is 5.13 Å². The molecule has 0 aliphatic heterocycles. The third-order valence-electron chi connectivity index (χ3n) is 3.67. The highest BCUT2D eigenvalue weighted by Gasteiger charge is 2.20. The molecule has 0 aromatic carbocycles. The average Bonchev–Trinajstić information content (AvgIpc) is 3.21. The molecule has 0 saturated heterocycles. The van der Waals surface area contributed by atoms with Crippen LogP contribution in [0, 0.1) is 0 Å². The van der Waals surface area contributed by atoms with Gasteiger partial charge in [-0.2, -0.15) is 0 Å². The van der Waals surface area contributed by atoms with Gasteiger partial charge in [-0.3, -0.25) is 19.5 Å². The predicted octanol–water partition coefficient (Wildman–Crippen LogP) is 2.63. The zero-order chi connectivity index (χ0) is 17.3. The quantitative estimate of drug-likeness (QED) is 0.752. The molecule has 0 bridgehead atoms. The van der Waals surface area contributed by atoms with Gasteiger partial charge in [0, 0.05) is 4.88 Å². The van der Waals surface area contributed by atoms with Gasteiger partial charge >= 0.3 is 0 Å². The second-order valence-corrected chi connectivity index (χ2v) is 7.44. The molecule has 3 rings (SSSR count). The number of fused-ring (bicyclic) bond motifs is 1. The lowest BCUT2D eigenvalue weighted by molar-refractivity contribution is -0.118. The van der Waals surface area contributed by atoms with Gasteiger partial charge in [-0.15, -0.1) is 21.5 Å². The van der Waals surface area contributed by atoms with Crippen LogP contribution in [0.1, 0.15) is 36.7 Å². The summed E-state index contributed by atoms with van der Waals surface area (Å²) < 4.78 is 1.35. The van der Waals surface area contributed by atoms with E-state index in [4.69, 9.17) is 0 Å². The lowest BCUT2D eigenvalue weighted by Gasteiger charge is -2.13. The summed E-state index contributed by atoms with van der Waals surface area (Å²) in [7, 11) is 0. The summed E-state index contributed by atoms with van der Waals surface area (Å²) in [6, 6.07) is 1.17. The third-order valence-corrected chi connectivity index (χ3v) is 5.84. The number of nitrogens with one attached hydrogen (secondary N) is 1. The number of hydrogen-bond acceptors (Lipinski definition) is 7. The molecule has 126 valence electrons. The van der Waals surface area contributed by atoms with E-state index in [0.717, 1.165) is 22.7 Å². The molecular weight excluding hydrogens is 346 g/mol. The van der Waals surface area contributed by atoms with Crippen molar-refractivity contribution in [2.45, 2.75) is 39.7 Å². The SMILES string of the molecule is CCc1cc2c(=O)n(C(C)C(=O)Nc3nnc(CC)s3)cnc2s1. The van der Waals surface area contributed by atoms with Crippen LogP contribution in [-0.2, 0) is 17.6 Å². The smallest absolute Gasteiger partial charge is 0.262 e. The Morgan fingerprint density at radius 2 is 2.08 bits per heavy atom. The van der Waals surface area contributed by atoms with Gasteiger partial charge in [0.2, 0.25) is 11.0 Å². The first-order chi connectivity index (χ1) is 11.5. The number of hydrogen-bond donors (Lipinski definition) is 1. The molecule has 0 aliphatic carbocycles. The zero-order valence-electron chi connectivity index (χ0n) is 13.6. The Hall–Kier alpha value is -2.13. The number of rotatable bonds is 5. The van der Waals surface area contributed by atoms with Gasteiger partial charge in [-0.25, -0.2) is 4.98 Å². The maximum atomic E-state index is 12.6. The first-order valence-corrected chi connectivity index (χ1v) is 9.29. The van der Waals surface area contributed by atoms with Gasteiger partial charge in [0.1, 0.15) is 15.9 Å². The van der Waals surface area contributed by atoms with E-state index in [1.807, 2.05) is 19.9 Å². The maximum absolute atomic E-state index is 12.6. The highest BCUT2D eigenvalue weighted by atomic mass is 32.1. The number of aryl methyl sites for hydroxylation is 2. The summed E-state index contributed by atoms with van der Waals surface area (Å²) in [4.78, 5) is 31.2. The molecule has 0 fully saturated rings. The van der Waals surface area contributed by atoms with Gasteiger partial charge < -0.3 is 0 Å². The standard InChI is InChI=1S/C15H17N5O2S2/c1-4-9-6-10-13(23-9)16-7-20(14(10)22)8(3)12(21)17-15-19-18-11(5-2)24-15/h6-8H,4-5H2,1-3H3,(H,17,19,21). The number of amides is 1. The van der Waals surface area contributed by atoms with E-state index in [9.17, 15) is 9.59 Å². The summed E-state index contributed by atoms with van der Waals surface area (Å²) in [5.74, 6) is -0.317. The normalized spacial score (nSPS) is 12.5. The van der Waals surface area contributed by atoms with Crippen molar-refractivity contribution in [2.24, 2.45) is 0 Å². The monoisotopic (exact) mass is 363 g/mol. The summed E-state index contributed by atoms with van der Waals surface area (Å²) in [6.07, 6.45) is 3.05. The minimum Gasteiger partial charge on any atom is -0.299 e. The van der Waals surface area contributed by atoms with Crippen molar-refractivity contribution < 1.29 is 4.79 Å². The van der Waals surface area contributed by atoms with Crippen LogP contribution >= 0.6 is 22.7 Å². The Bertz CT molecular complexity index is 943. The molecule has 9 heteroatoms. The second-order valence-electron chi connectivity index (χ2n) is 5.26. The fourth-order valence-corrected chi connectivity index (χ4v) is 3.83. The van der Waals surface area contributed by atoms with E-state index in [1.54, 1.807) is 6.92 Å². The number of nitrogens with zero attached hydrogens (tertiary/aromatic N) is 4. The molecule has 0 radical (unpaired) electrons. The summed E-state index contributed by atoms with van der Waals surface area (Å²) in [6.45, 7) is 5.67. The maximum Gasteiger partial charge on any atom is 0.262 e. The Kier molecular flexibility index (Phi) is 4.72. The minimum atomic E-state index is -0.687. The van der Waals surface area contributed by atoms with Gasteiger partial charge in [0.25, 0.3) is 5.56 Å². The van der Waals surface area contributed by atoms with Gasteiger partial charge in [0.15, 0.2) is 0 Å². The molecule has 1 atom stereocenters. The zero-order valence-corrected chi connectivity index (χ0v) is 15.2. The lowest BCUT2D eigenvalue weighted by atomic mass is 10.3. The van der Waals surface area contributed by atoms with Crippen molar-refractivity contribution in [1.29, 1.82) is 0 Å². The molecule has 3 aromatic rings. The molecule has 3 aromatic heterocycles. The van der Waals surface area contributed by atoms with Crippen LogP contribution in [0.2, 0.25) is 0 Å². The van der Waals surface area contributed by atoms with Crippen molar-refractivity contribution in [3.05, 3.63) is 32.6 Å². The highest BCUT2D eigenvalue weighted by molar-refractivity contribution is 7.18. The van der Waals surface area contributed by atoms with Crippen molar-refractivity contribution in [2.75, 3.05) is 5.32 Å². The van der Waals surface area contributed by atoms with Crippen LogP contribution in [0.3, 0.4) is 0 Å². The highest BCUT2D eigenvalue weighted by Crippen LogP contribution is 2.22.